The van der Waals surface area contributed by atoms with Crippen molar-refractivity contribution in [2.45, 2.75) is 0 Å². The van der Waals surface area contributed by atoms with Crippen LogP contribution in [-0.2, 0) is 0 Å². The summed E-state index contributed by atoms with van der Waals surface area (Å²) < 4.78 is 0.295. The van der Waals surface area contributed by atoms with Gasteiger partial charge in [-0.05, 0) is 28.1 Å². The van der Waals surface area contributed by atoms with Gasteiger partial charge >= 0.3 is 0 Å². The van der Waals surface area contributed by atoms with Gasteiger partial charge in [-0.15, -0.1) is 15.3 Å². The van der Waals surface area contributed by atoms with Gasteiger partial charge in [-0.1, -0.05) is 12.2 Å². The van der Waals surface area contributed by atoms with Crippen LogP contribution in [0.1, 0.15) is 5.82 Å². The molecule has 2 heterocycles. The average Bonchev–Trinajstić information content (AvgIpc) is 2.79. The maximum absolute atomic E-state index is 9.24. The fraction of sp³-hybridized carbons (Fsp3) is 0. The van der Waals surface area contributed by atoms with Gasteiger partial charge < -0.3 is 5.11 Å². The lowest BCUT2D eigenvalue weighted by Gasteiger charge is -1.95. The van der Waals surface area contributed by atoms with Gasteiger partial charge in [0.2, 0.25) is 0 Å². The van der Waals surface area contributed by atoms with Crippen molar-refractivity contribution < 1.29 is 5.11 Å². The molecule has 0 spiro atoms. The molecule has 0 aliphatic carbocycles. The Balaban J connectivity index is 2.19. The maximum atomic E-state index is 9.24. The Labute approximate surface area is 109 Å². The van der Waals surface area contributed by atoms with Crippen molar-refractivity contribution in [3.63, 3.8) is 0 Å². The summed E-state index contributed by atoms with van der Waals surface area (Å²) in [5, 5.41) is 24.5. The first-order chi connectivity index (χ1) is 8.19. The molecule has 0 unspecified atom stereocenters. The molecular weight excluding hydrogens is 308 g/mol. The molecule has 0 saturated heterocycles. The van der Waals surface area contributed by atoms with Gasteiger partial charge in [0.1, 0.15) is 10.4 Å². The molecule has 0 radical (unpaired) electrons. The zero-order chi connectivity index (χ0) is 12.3. The van der Waals surface area contributed by atoms with E-state index in [2.05, 4.69) is 58.5 Å². The summed E-state index contributed by atoms with van der Waals surface area (Å²) in [6.07, 6.45) is 0. The zero-order valence-corrected chi connectivity index (χ0v) is 10.6. The van der Waals surface area contributed by atoms with Crippen molar-refractivity contribution in [3.8, 4) is 5.75 Å². The number of H-pyrrole nitrogens is 1. The van der Waals surface area contributed by atoms with Crippen LogP contribution in [0.4, 0.5) is 11.8 Å². The van der Waals surface area contributed by atoms with Crippen LogP contribution in [0.15, 0.2) is 27.0 Å². The number of aromatic nitrogens is 4. The molecule has 9 heteroatoms. The highest BCUT2D eigenvalue weighted by Gasteiger charge is 2.01. The number of azo groups is 1. The molecule has 2 aromatic rings. The van der Waals surface area contributed by atoms with E-state index < -0.39 is 0 Å². The first-order valence-electron chi connectivity index (χ1n) is 4.34. The second-order valence-electron chi connectivity index (χ2n) is 2.82. The monoisotopic (exact) mass is 312 g/mol. The highest BCUT2D eigenvalue weighted by molar-refractivity contribution is 9.10. The molecule has 2 N–H and O–H groups in total. The van der Waals surface area contributed by atoms with E-state index in [-0.39, 0.29) is 11.7 Å². The second kappa shape index (κ2) is 5.06. The van der Waals surface area contributed by atoms with Gasteiger partial charge in [0.15, 0.2) is 11.6 Å². The molecule has 0 fully saturated rings. The number of pyridine rings is 1. The fourth-order valence-electron chi connectivity index (χ4n) is 0.931. The predicted molar refractivity (Wildman–Crippen MR) is 66.9 cm³/mol. The molecule has 0 atom stereocenters. The van der Waals surface area contributed by atoms with E-state index in [0.29, 0.717) is 16.2 Å². The van der Waals surface area contributed by atoms with E-state index in [1.807, 2.05) is 0 Å². The Bertz CT molecular complexity index is 583. The third-order valence-corrected chi connectivity index (χ3v) is 2.47. The minimum Gasteiger partial charge on any atom is -0.505 e. The first-order valence-corrected chi connectivity index (χ1v) is 5.60. The van der Waals surface area contributed by atoms with Crippen molar-refractivity contribution in [3.05, 3.63) is 22.6 Å². The Morgan fingerprint density at radius 3 is 2.82 bits per heavy atom. The summed E-state index contributed by atoms with van der Waals surface area (Å²) in [6.45, 7) is 0. The summed E-state index contributed by atoms with van der Waals surface area (Å²) >= 11 is 7.73. The Morgan fingerprint density at radius 2 is 2.18 bits per heavy atom. The van der Waals surface area contributed by atoms with Gasteiger partial charge in [0.25, 0.3) is 5.95 Å². The lowest BCUT2D eigenvalue weighted by Crippen LogP contribution is -1.78. The molecule has 2 rings (SSSR count). The van der Waals surface area contributed by atoms with Crippen LogP contribution in [0.3, 0.4) is 0 Å². The lowest BCUT2D eigenvalue weighted by molar-refractivity contribution is 0.468. The third kappa shape index (κ3) is 2.88. The van der Waals surface area contributed by atoms with Crippen molar-refractivity contribution in [2.24, 2.45) is 10.2 Å². The van der Waals surface area contributed by atoms with Crippen molar-refractivity contribution >= 4 is 45.3 Å². The number of rotatable bonds is 3. The van der Waals surface area contributed by atoms with E-state index >= 15 is 0 Å². The molecule has 0 amide bonds. The Morgan fingerprint density at radius 1 is 1.35 bits per heavy atom. The van der Waals surface area contributed by atoms with Gasteiger partial charge in [-0.2, -0.15) is 4.98 Å². The first kappa shape index (κ1) is 11.7. The summed E-state index contributed by atoms with van der Waals surface area (Å²) in [7, 11) is 0. The molecule has 0 bridgehead atoms. The smallest absolute Gasteiger partial charge is 0.287 e. The maximum Gasteiger partial charge on any atom is 0.287 e. The number of hydrogen-bond acceptors (Lipinski definition) is 7. The number of aromatic amines is 1. The normalized spacial score (nSPS) is 10.9. The largest absolute Gasteiger partial charge is 0.505 e. The number of halogens is 1. The number of thiocarbonyl (C=S) groups is 1. The highest BCUT2D eigenvalue weighted by atomic mass is 79.9. The van der Waals surface area contributed by atoms with Gasteiger partial charge in [-0.25, -0.2) is 4.98 Å². The summed E-state index contributed by atoms with van der Waals surface area (Å²) in [5.74, 6) is 0.953. The number of nitrogens with one attached hydrogen (secondary N) is 1. The van der Waals surface area contributed by atoms with Crippen LogP contribution >= 0.6 is 28.1 Å². The molecular formula is C8H5BrN6OS. The quantitative estimate of drug-likeness (QED) is 0.515. The molecule has 0 aromatic carbocycles. The predicted octanol–water partition coefficient (Wildman–Crippen LogP) is 2.43. The molecule has 86 valence electrons. The standard InChI is InChI=1S/C8H5BrN6OS/c9-7-4(16)1-2-5(10-7)12-14-8-11-6(3-17)13-15-8/h1-3,16H,(H,11,13,15). The van der Waals surface area contributed by atoms with Crippen LogP contribution < -0.4 is 0 Å². The zero-order valence-electron chi connectivity index (χ0n) is 8.20. The van der Waals surface area contributed by atoms with Crippen molar-refractivity contribution in [1.82, 2.24) is 20.2 Å². The SMILES string of the molecule is Oc1ccc(N=Nc2n[nH]c(C=S)n2)nc1Br. The van der Waals surface area contributed by atoms with E-state index in [1.54, 1.807) is 0 Å². The lowest BCUT2D eigenvalue weighted by atomic mass is 10.4. The summed E-state index contributed by atoms with van der Waals surface area (Å²) in [6, 6.07) is 2.96. The Hall–Kier alpha value is -1.74. The van der Waals surface area contributed by atoms with Crippen molar-refractivity contribution in [2.75, 3.05) is 0 Å². The third-order valence-electron chi connectivity index (χ3n) is 1.66. The van der Waals surface area contributed by atoms with E-state index in [4.69, 9.17) is 0 Å². The highest BCUT2D eigenvalue weighted by Crippen LogP contribution is 2.24. The minimum atomic E-state index is 0.0323. The number of hydrogen-bond donors (Lipinski definition) is 2. The average molecular weight is 313 g/mol. The topological polar surface area (TPSA) is 99.4 Å². The van der Waals surface area contributed by atoms with Gasteiger partial charge in [-0.3, -0.25) is 5.10 Å². The fourth-order valence-corrected chi connectivity index (χ4v) is 1.35. The number of aromatic hydroxyl groups is 1. The molecule has 17 heavy (non-hydrogen) atoms. The van der Waals surface area contributed by atoms with Gasteiger partial charge in [0.05, 0.1) is 0 Å². The molecule has 0 aliphatic rings. The van der Waals surface area contributed by atoms with E-state index in [9.17, 15) is 5.11 Å². The van der Waals surface area contributed by atoms with Crippen LogP contribution in [0, 0.1) is 0 Å². The summed E-state index contributed by atoms with van der Waals surface area (Å²) in [4.78, 5) is 7.83. The Kier molecular flexibility index (Phi) is 3.49. The van der Waals surface area contributed by atoms with Crippen LogP contribution in [0.2, 0.25) is 0 Å². The molecule has 0 saturated carbocycles. The molecule has 0 aliphatic heterocycles. The van der Waals surface area contributed by atoms with Crippen molar-refractivity contribution in [1.29, 1.82) is 0 Å². The van der Waals surface area contributed by atoms with Crippen LogP contribution in [0.5, 0.6) is 5.75 Å². The summed E-state index contributed by atoms with van der Waals surface area (Å²) in [5.41, 5.74) is 0. The minimum absolute atomic E-state index is 0.0323. The van der Waals surface area contributed by atoms with Crippen LogP contribution in [0.25, 0.3) is 0 Å². The van der Waals surface area contributed by atoms with Gasteiger partial charge in [0, 0.05) is 5.37 Å². The van der Waals surface area contributed by atoms with E-state index in [1.165, 1.54) is 17.5 Å². The van der Waals surface area contributed by atoms with E-state index in [0.717, 1.165) is 0 Å². The molecule has 2 aromatic heterocycles. The van der Waals surface area contributed by atoms with Crippen LogP contribution in [-0.4, -0.2) is 30.6 Å². The second-order valence-corrected chi connectivity index (χ2v) is 3.80. The number of nitrogens with zero attached hydrogens (tertiary/aromatic N) is 5. The molecule has 7 nitrogen and oxygen atoms in total.